The largest absolute Gasteiger partial charge is 0.348 e. The Kier molecular flexibility index (Phi) is 3.33. The lowest BCUT2D eigenvalue weighted by atomic mass is 9.98. The molecule has 1 amide bonds. The summed E-state index contributed by atoms with van der Waals surface area (Å²) < 4.78 is 0. The predicted octanol–water partition coefficient (Wildman–Crippen LogP) is 1.18. The molecular formula is C15H20N4O2. The number of nitrogens with one attached hydrogen (secondary N) is 4. The van der Waals surface area contributed by atoms with Crippen LogP contribution in [0.3, 0.4) is 0 Å². The van der Waals surface area contributed by atoms with E-state index in [1.807, 2.05) is 32.0 Å². The van der Waals surface area contributed by atoms with Crippen LogP contribution in [0, 0.1) is 0 Å². The lowest BCUT2D eigenvalue weighted by Gasteiger charge is -2.26. The van der Waals surface area contributed by atoms with E-state index in [2.05, 4.69) is 20.6 Å². The summed E-state index contributed by atoms with van der Waals surface area (Å²) in [5, 5.41) is 6.30. The molecule has 2 aromatic rings. The topological polar surface area (TPSA) is 89.8 Å². The fourth-order valence-electron chi connectivity index (χ4n) is 2.85. The van der Waals surface area contributed by atoms with E-state index in [9.17, 15) is 9.59 Å². The molecule has 0 saturated carbocycles. The summed E-state index contributed by atoms with van der Waals surface area (Å²) in [5.41, 5.74) is 1.80. The molecule has 1 aromatic carbocycles. The zero-order valence-electron chi connectivity index (χ0n) is 12.2. The molecule has 4 N–H and O–H groups in total. The van der Waals surface area contributed by atoms with Crippen molar-refractivity contribution in [3.05, 3.63) is 34.2 Å². The summed E-state index contributed by atoms with van der Waals surface area (Å²) in [6.07, 6.45) is 1.88. The van der Waals surface area contributed by atoms with Crippen LogP contribution in [-0.2, 0) is 4.79 Å². The minimum absolute atomic E-state index is 0.0233. The second-order valence-electron chi connectivity index (χ2n) is 5.94. The van der Waals surface area contributed by atoms with Crippen LogP contribution in [0.1, 0.15) is 38.3 Å². The number of carbonyl (C=O) groups is 1. The van der Waals surface area contributed by atoms with Crippen molar-refractivity contribution in [2.24, 2.45) is 0 Å². The Hall–Kier alpha value is -2.08. The van der Waals surface area contributed by atoms with Gasteiger partial charge in [-0.3, -0.25) is 4.79 Å². The Bertz CT molecular complexity index is 725. The number of carbonyl (C=O) groups excluding carboxylic acids is 1. The average molecular weight is 288 g/mol. The van der Waals surface area contributed by atoms with Gasteiger partial charge < -0.3 is 20.6 Å². The summed E-state index contributed by atoms with van der Waals surface area (Å²) in [6.45, 7) is 4.77. The van der Waals surface area contributed by atoms with Gasteiger partial charge >= 0.3 is 5.69 Å². The first-order chi connectivity index (χ1) is 9.98. The van der Waals surface area contributed by atoms with Crippen molar-refractivity contribution in [2.75, 3.05) is 6.54 Å². The van der Waals surface area contributed by atoms with Gasteiger partial charge in [0.2, 0.25) is 5.91 Å². The summed E-state index contributed by atoms with van der Waals surface area (Å²) >= 11 is 0. The van der Waals surface area contributed by atoms with Crippen molar-refractivity contribution in [1.82, 2.24) is 20.6 Å². The third-order valence-corrected chi connectivity index (χ3v) is 4.26. The van der Waals surface area contributed by atoms with Crippen LogP contribution in [0.2, 0.25) is 0 Å². The van der Waals surface area contributed by atoms with Crippen LogP contribution in [0.4, 0.5) is 0 Å². The maximum absolute atomic E-state index is 12.4. The molecule has 1 aromatic heterocycles. The monoisotopic (exact) mass is 288 g/mol. The molecule has 6 heteroatoms. The van der Waals surface area contributed by atoms with Crippen molar-refractivity contribution in [2.45, 2.75) is 38.3 Å². The molecule has 112 valence electrons. The molecule has 2 heterocycles. The van der Waals surface area contributed by atoms with Gasteiger partial charge in [0.05, 0.1) is 22.6 Å². The third kappa shape index (κ3) is 2.58. The Morgan fingerprint density at radius 2 is 2.10 bits per heavy atom. The van der Waals surface area contributed by atoms with Crippen molar-refractivity contribution in [3.63, 3.8) is 0 Å². The standard InChI is InChI=1S/C15H20N4O2/c1-9(17-13(20)15(2)6-3-7-16-15)10-4-5-11-12(8-10)19-14(21)18-11/h4-5,8-9,16H,3,6-7H2,1-2H3,(H,17,20)(H2,18,19,21). The van der Waals surface area contributed by atoms with Crippen LogP contribution in [0.25, 0.3) is 11.0 Å². The fraction of sp³-hybridized carbons (Fsp3) is 0.467. The first kappa shape index (κ1) is 13.9. The van der Waals surface area contributed by atoms with Crippen LogP contribution in [-0.4, -0.2) is 28.0 Å². The maximum atomic E-state index is 12.4. The number of aromatic amines is 2. The highest BCUT2D eigenvalue weighted by atomic mass is 16.2. The van der Waals surface area contributed by atoms with Crippen molar-refractivity contribution in [3.8, 4) is 0 Å². The minimum atomic E-state index is -0.471. The summed E-state index contributed by atoms with van der Waals surface area (Å²) in [5.74, 6) is 0.0233. The molecule has 2 atom stereocenters. The summed E-state index contributed by atoms with van der Waals surface area (Å²) in [6, 6.07) is 5.55. The van der Waals surface area contributed by atoms with E-state index in [-0.39, 0.29) is 17.6 Å². The molecule has 2 unspecified atom stereocenters. The van der Waals surface area contributed by atoms with E-state index >= 15 is 0 Å². The van der Waals surface area contributed by atoms with Gasteiger partial charge in [-0.2, -0.15) is 0 Å². The van der Waals surface area contributed by atoms with Crippen molar-refractivity contribution < 1.29 is 4.79 Å². The van der Waals surface area contributed by atoms with Crippen LogP contribution < -0.4 is 16.3 Å². The van der Waals surface area contributed by atoms with E-state index in [1.54, 1.807) is 0 Å². The Labute approximate surface area is 122 Å². The number of imidazole rings is 1. The number of hydrogen-bond donors (Lipinski definition) is 4. The first-order valence-corrected chi connectivity index (χ1v) is 7.26. The smallest absolute Gasteiger partial charge is 0.323 e. The van der Waals surface area contributed by atoms with E-state index in [0.29, 0.717) is 0 Å². The second-order valence-corrected chi connectivity index (χ2v) is 5.94. The molecule has 1 aliphatic heterocycles. The lowest BCUT2D eigenvalue weighted by molar-refractivity contribution is -0.127. The number of aromatic nitrogens is 2. The second kappa shape index (κ2) is 5.04. The molecule has 1 aliphatic rings. The van der Waals surface area contributed by atoms with Gasteiger partial charge in [-0.15, -0.1) is 0 Å². The van der Waals surface area contributed by atoms with Crippen molar-refractivity contribution >= 4 is 16.9 Å². The summed E-state index contributed by atoms with van der Waals surface area (Å²) in [7, 11) is 0. The highest BCUT2D eigenvalue weighted by Gasteiger charge is 2.36. The number of rotatable bonds is 3. The van der Waals surface area contributed by atoms with Gasteiger partial charge in [0.25, 0.3) is 0 Å². The van der Waals surface area contributed by atoms with Crippen molar-refractivity contribution in [1.29, 1.82) is 0 Å². The normalized spacial score (nSPS) is 23.3. The van der Waals surface area contributed by atoms with E-state index in [0.717, 1.165) is 36.0 Å². The Morgan fingerprint density at radius 1 is 1.33 bits per heavy atom. The van der Waals surface area contributed by atoms with Gasteiger partial charge in [-0.25, -0.2) is 4.79 Å². The molecule has 6 nitrogen and oxygen atoms in total. The van der Waals surface area contributed by atoms with Gasteiger partial charge in [0.1, 0.15) is 0 Å². The molecule has 0 spiro atoms. The number of fused-ring (bicyclic) bond motifs is 1. The molecular weight excluding hydrogens is 268 g/mol. The lowest BCUT2D eigenvalue weighted by Crippen LogP contribution is -2.51. The Balaban J connectivity index is 1.78. The van der Waals surface area contributed by atoms with Crippen LogP contribution in [0.15, 0.2) is 23.0 Å². The number of H-pyrrole nitrogens is 2. The highest BCUT2D eigenvalue weighted by molar-refractivity contribution is 5.86. The van der Waals surface area contributed by atoms with Gasteiger partial charge in [0, 0.05) is 0 Å². The maximum Gasteiger partial charge on any atom is 0.323 e. The molecule has 0 bridgehead atoms. The highest BCUT2D eigenvalue weighted by Crippen LogP contribution is 2.22. The van der Waals surface area contributed by atoms with Crippen LogP contribution in [0.5, 0.6) is 0 Å². The minimum Gasteiger partial charge on any atom is -0.348 e. The molecule has 1 fully saturated rings. The van der Waals surface area contributed by atoms with Gasteiger partial charge in [-0.05, 0) is 50.9 Å². The summed E-state index contributed by atoms with van der Waals surface area (Å²) in [4.78, 5) is 29.1. The van der Waals surface area contributed by atoms with Gasteiger partial charge in [-0.1, -0.05) is 6.07 Å². The third-order valence-electron chi connectivity index (χ3n) is 4.26. The zero-order valence-corrected chi connectivity index (χ0v) is 12.2. The van der Waals surface area contributed by atoms with Gasteiger partial charge in [0.15, 0.2) is 0 Å². The number of benzene rings is 1. The number of amides is 1. The first-order valence-electron chi connectivity index (χ1n) is 7.26. The molecule has 0 aliphatic carbocycles. The van der Waals surface area contributed by atoms with Crippen LogP contribution >= 0.6 is 0 Å². The van der Waals surface area contributed by atoms with E-state index < -0.39 is 5.54 Å². The number of hydrogen-bond acceptors (Lipinski definition) is 3. The fourth-order valence-corrected chi connectivity index (χ4v) is 2.85. The Morgan fingerprint density at radius 3 is 2.81 bits per heavy atom. The molecule has 0 radical (unpaired) electrons. The SMILES string of the molecule is CC(NC(=O)C1(C)CCCN1)c1ccc2[nH]c(=O)[nH]c2c1. The average Bonchev–Trinajstić information content (AvgIpc) is 3.03. The predicted molar refractivity (Wildman–Crippen MR) is 81.1 cm³/mol. The van der Waals surface area contributed by atoms with E-state index in [4.69, 9.17) is 0 Å². The van der Waals surface area contributed by atoms with E-state index in [1.165, 1.54) is 0 Å². The quantitative estimate of drug-likeness (QED) is 0.683. The zero-order chi connectivity index (χ0) is 15.0. The molecule has 1 saturated heterocycles. The molecule has 21 heavy (non-hydrogen) atoms. The molecule has 3 rings (SSSR count).